The number of hydrogen-bond donors (Lipinski definition) is 2. The number of nitrogens with one attached hydrogen (secondary N) is 2. The smallest absolute Gasteiger partial charge is 0.220 e. The minimum Gasteiger partial charge on any atom is -0.349 e. The average molecular weight is 257 g/mol. The molecular weight excluding hydrogens is 238 g/mol. The quantitative estimate of drug-likeness (QED) is 0.865. The molecule has 2 aromatic rings. The minimum absolute atomic E-state index is 0.0626. The summed E-state index contributed by atoms with van der Waals surface area (Å²) in [5, 5.41) is 2.86. The van der Waals surface area contributed by atoms with Gasteiger partial charge in [-0.1, -0.05) is 44.2 Å². The number of carbonyl (C=O) groups excluding carboxylic acids is 1. The van der Waals surface area contributed by atoms with Crippen LogP contribution in [0, 0.1) is 5.92 Å². The molecule has 1 aromatic carbocycles. The van der Waals surface area contributed by atoms with Gasteiger partial charge in [0.2, 0.25) is 5.91 Å². The molecule has 0 spiro atoms. The van der Waals surface area contributed by atoms with Gasteiger partial charge in [-0.2, -0.15) is 0 Å². The van der Waals surface area contributed by atoms with Gasteiger partial charge in [0.1, 0.15) is 5.82 Å². The van der Waals surface area contributed by atoms with E-state index in [-0.39, 0.29) is 5.91 Å². The van der Waals surface area contributed by atoms with Crippen molar-refractivity contribution < 1.29 is 4.79 Å². The Hall–Kier alpha value is -2.10. The third kappa shape index (κ3) is 3.95. The van der Waals surface area contributed by atoms with Gasteiger partial charge >= 0.3 is 0 Å². The van der Waals surface area contributed by atoms with Gasteiger partial charge in [0.15, 0.2) is 0 Å². The zero-order chi connectivity index (χ0) is 13.7. The number of benzene rings is 1. The van der Waals surface area contributed by atoms with Gasteiger partial charge in [0, 0.05) is 6.42 Å². The van der Waals surface area contributed by atoms with E-state index in [0.29, 0.717) is 18.9 Å². The lowest BCUT2D eigenvalue weighted by Gasteiger charge is -2.05. The fourth-order valence-corrected chi connectivity index (χ4v) is 1.84. The summed E-state index contributed by atoms with van der Waals surface area (Å²) in [6, 6.07) is 10.00. The highest BCUT2D eigenvalue weighted by atomic mass is 16.1. The van der Waals surface area contributed by atoms with Crippen molar-refractivity contribution in [2.45, 2.75) is 26.8 Å². The molecule has 4 heteroatoms. The van der Waals surface area contributed by atoms with Crippen molar-refractivity contribution in [2.24, 2.45) is 5.92 Å². The molecule has 19 heavy (non-hydrogen) atoms. The second kappa shape index (κ2) is 6.18. The van der Waals surface area contributed by atoms with E-state index in [9.17, 15) is 4.79 Å². The summed E-state index contributed by atoms with van der Waals surface area (Å²) in [7, 11) is 0. The van der Waals surface area contributed by atoms with Crippen LogP contribution in [0.4, 0.5) is 0 Å². The normalized spacial score (nSPS) is 10.7. The molecule has 100 valence electrons. The molecule has 0 radical (unpaired) electrons. The predicted molar refractivity (Wildman–Crippen MR) is 75.3 cm³/mol. The number of aromatic nitrogens is 2. The van der Waals surface area contributed by atoms with Crippen LogP contribution in [0.15, 0.2) is 36.5 Å². The first-order valence-corrected chi connectivity index (χ1v) is 6.51. The highest BCUT2D eigenvalue weighted by molar-refractivity contribution is 5.75. The Balaban J connectivity index is 1.93. The Labute approximate surface area is 113 Å². The predicted octanol–water partition coefficient (Wildman–Crippen LogP) is 2.74. The number of carbonyl (C=O) groups is 1. The number of nitrogens with zero attached hydrogens (tertiary/aromatic N) is 1. The van der Waals surface area contributed by atoms with E-state index in [4.69, 9.17) is 0 Å². The zero-order valence-electron chi connectivity index (χ0n) is 11.3. The number of imidazole rings is 1. The van der Waals surface area contributed by atoms with Gasteiger partial charge in [-0.25, -0.2) is 4.98 Å². The summed E-state index contributed by atoms with van der Waals surface area (Å²) in [4.78, 5) is 19.0. The highest BCUT2D eigenvalue weighted by Crippen LogP contribution is 2.15. The number of amides is 1. The Morgan fingerprint density at radius 3 is 2.74 bits per heavy atom. The van der Waals surface area contributed by atoms with Crippen LogP contribution in [-0.2, 0) is 11.3 Å². The number of aromatic amines is 1. The molecule has 0 aliphatic rings. The summed E-state index contributed by atoms with van der Waals surface area (Å²) in [5.74, 6) is 1.21. The molecule has 0 unspecified atom stereocenters. The fourth-order valence-electron chi connectivity index (χ4n) is 1.84. The highest BCUT2D eigenvalue weighted by Gasteiger charge is 2.06. The lowest BCUT2D eigenvalue weighted by molar-refractivity contribution is -0.121. The lowest BCUT2D eigenvalue weighted by atomic mass is 10.1. The molecular formula is C15H19N3O. The van der Waals surface area contributed by atoms with Crippen molar-refractivity contribution in [1.29, 1.82) is 0 Å². The van der Waals surface area contributed by atoms with Crippen LogP contribution in [0.5, 0.6) is 0 Å². The Kier molecular flexibility index (Phi) is 4.34. The Morgan fingerprint density at radius 2 is 2.05 bits per heavy atom. The lowest BCUT2D eigenvalue weighted by Crippen LogP contribution is -2.24. The zero-order valence-corrected chi connectivity index (χ0v) is 11.3. The van der Waals surface area contributed by atoms with Crippen molar-refractivity contribution >= 4 is 5.91 Å². The Bertz CT molecular complexity index is 531. The van der Waals surface area contributed by atoms with E-state index in [0.717, 1.165) is 17.1 Å². The van der Waals surface area contributed by atoms with Gasteiger partial charge in [-0.3, -0.25) is 4.79 Å². The number of hydrogen-bond acceptors (Lipinski definition) is 2. The second-order valence-electron chi connectivity index (χ2n) is 4.98. The molecule has 1 aromatic heterocycles. The Morgan fingerprint density at radius 1 is 1.32 bits per heavy atom. The van der Waals surface area contributed by atoms with E-state index in [1.54, 1.807) is 6.20 Å². The van der Waals surface area contributed by atoms with Crippen LogP contribution in [-0.4, -0.2) is 15.9 Å². The molecule has 0 bridgehead atoms. The number of H-pyrrole nitrogens is 1. The summed E-state index contributed by atoms with van der Waals surface area (Å²) in [6.45, 7) is 4.50. The molecule has 0 saturated carbocycles. The van der Waals surface area contributed by atoms with Gasteiger partial charge in [-0.15, -0.1) is 0 Å². The standard InChI is InChI=1S/C15H19N3O/c1-11(2)8-15(19)17-10-14-16-9-13(18-14)12-6-4-3-5-7-12/h3-7,9,11H,8,10H2,1-2H3,(H,16,18)(H,17,19). The van der Waals surface area contributed by atoms with Crippen molar-refractivity contribution in [3.05, 3.63) is 42.4 Å². The van der Waals surface area contributed by atoms with Gasteiger partial charge in [-0.05, 0) is 11.5 Å². The molecule has 2 rings (SSSR count). The van der Waals surface area contributed by atoms with Crippen LogP contribution in [0.1, 0.15) is 26.1 Å². The fraction of sp³-hybridized carbons (Fsp3) is 0.333. The van der Waals surface area contributed by atoms with Gasteiger partial charge in [0.25, 0.3) is 0 Å². The van der Waals surface area contributed by atoms with Gasteiger partial charge < -0.3 is 10.3 Å². The first-order chi connectivity index (χ1) is 9.15. The van der Waals surface area contributed by atoms with Crippen LogP contribution in [0.3, 0.4) is 0 Å². The van der Waals surface area contributed by atoms with Crippen LogP contribution in [0.25, 0.3) is 11.3 Å². The maximum absolute atomic E-state index is 11.6. The summed E-state index contributed by atoms with van der Waals surface area (Å²) < 4.78 is 0. The third-order valence-electron chi connectivity index (χ3n) is 2.76. The number of rotatable bonds is 5. The van der Waals surface area contributed by atoms with Crippen LogP contribution in [0.2, 0.25) is 0 Å². The molecule has 0 atom stereocenters. The summed E-state index contributed by atoms with van der Waals surface area (Å²) in [6.07, 6.45) is 2.34. The van der Waals surface area contributed by atoms with Crippen LogP contribution < -0.4 is 5.32 Å². The molecule has 1 amide bonds. The van der Waals surface area contributed by atoms with E-state index in [2.05, 4.69) is 15.3 Å². The van der Waals surface area contributed by atoms with Gasteiger partial charge in [0.05, 0.1) is 18.4 Å². The van der Waals surface area contributed by atoms with Crippen molar-refractivity contribution in [2.75, 3.05) is 0 Å². The van der Waals surface area contributed by atoms with Crippen LogP contribution >= 0.6 is 0 Å². The van der Waals surface area contributed by atoms with E-state index >= 15 is 0 Å². The first-order valence-electron chi connectivity index (χ1n) is 6.51. The van der Waals surface area contributed by atoms with E-state index < -0.39 is 0 Å². The molecule has 0 aliphatic carbocycles. The maximum Gasteiger partial charge on any atom is 0.220 e. The van der Waals surface area contributed by atoms with E-state index in [1.165, 1.54) is 0 Å². The largest absolute Gasteiger partial charge is 0.349 e. The van der Waals surface area contributed by atoms with Crippen molar-refractivity contribution in [3.63, 3.8) is 0 Å². The van der Waals surface area contributed by atoms with E-state index in [1.807, 2.05) is 44.2 Å². The molecule has 0 fully saturated rings. The second-order valence-corrected chi connectivity index (χ2v) is 4.98. The maximum atomic E-state index is 11.6. The summed E-state index contributed by atoms with van der Waals surface area (Å²) in [5.41, 5.74) is 2.06. The summed E-state index contributed by atoms with van der Waals surface area (Å²) >= 11 is 0. The molecule has 0 saturated heterocycles. The minimum atomic E-state index is 0.0626. The third-order valence-corrected chi connectivity index (χ3v) is 2.76. The average Bonchev–Trinajstić information content (AvgIpc) is 2.85. The monoisotopic (exact) mass is 257 g/mol. The van der Waals surface area contributed by atoms with Crippen molar-refractivity contribution in [1.82, 2.24) is 15.3 Å². The van der Waals surface area contributed by atoms with Crippen molar-refractivity contribution in [3.8, 4) is 11.3 Å². The molecule has 1 heterocycles. The molecule has 2 N–H and O–H groups in total. The molecule has 4 nitrogen and oxygen atoms in total. The molecule has 0 aliphatic heterocycles. The topological polar surface area (TPSA) is 57.8 Å². The SMILES string of the molecule is CC(C)CC(=O)NCc1ncc(-c2ccccc2)[nH]1. The first kappa shape index (κ1) is 13.3.